The number of hydrogen-bond donors (Lipinski definition) is 1. The fourth-order valence-electron chi connectivity index (χ4n) is 2.40. The maximum atomic E-state index is 12.2. The van der Waals surface area contributed by atoms with Gasteiger partial charge < -0.3 is 10.2 Å². The van der Waals surface area contributed by atoms with Gasteiger partial charge in [-0.05, 0) is 44.7 Å². The molecule has 1 aliphatic heterocycles. The quantitative estimate of drug-likeness (QED) is 0.747. The van der Waals surface area contributed by atoms with Crippen molar-refractivity contribution in [1.29, 1.82) is 0 Å². The van der Waals surface area contributed by atoms with Gasteiger partial charge in [-0.3, -0.25) is 0 Å². The molecule has 3 heteroatoms. The molecule has 1 heterocycles. The number of aryl methyl sites for hydroxylation is 1. The summed E-state index contributed by atoms with van der Waals surface area (Å²) >= 11 is 0. The molecule has 3 nitrogen and oxygen atoms in total. The van der Waals surface area contributed by atoms with E-state index in [0.29, 0.717) is 12.0 Å². The van der Waals surface area contributed by atoms with E-state index in [-0.39, 0.29) is 7.46 Å². The summed E-state index contributed by atoms with van der Waals surface area (Å²) in [5.74, 6) is 0.602. The Kier molecular flexibility index (Phi) is 7.27. The molecule has 1 fully saturated rings. The van der Waals surface area contributed by atoms with E-state index in [4.69, 9.17) is 0 Å². The Balaban J connectivity index is 0.00000102. The van der Waals surface area contributed by atoms with Gasteiger partial charge in [-0.1, -0.05) is 44.9 Å². The topological polar surface area (TPSA) is 32.3 Å². The Hall–Kier alpha value is -1.51. The van der Waals surface area contributed by atoms with E-state index in [1.807, 2.05) is 36.1 Å². The van der Waals surface area contributed by atoms with Gasteiger partial charge >= 0.3 is 6.03 Å². The van der Waals surface area contributed by atoms with Gasteiger partial charge in [0.15, 0.2) is 0 Å². The van der Waals surface area contributed by atoms with E-state index in [9.17, 15) is 4.79 Å². The van der Waals surface area contributed by atoms with Gasteiger partial charge in [-0.2, -0.15) is 0 Å². The van der Waals surface area contributed by atoms with Gasteiger partial charge in [-0.25, -0.2) is 4.79 Å². The molecule has 0 aromatic heterocycles. The summed E-state index contributed by atoms with van der Waals surface area (Å²) in [7, 11) is 0. The second-order valence-corrected chi connectivity index (χ2v) is 6.19. The number of benzene rings is 1. The van der Waals surface area contributed by atoms with Crippen molar-refractivity contribution in [2.75, 3.05) is 11.9 Å². The Labute approximate surface area is 131 Å². The van der Waals surface area contributed by atoms with Crippen molar-refractivity contribution in [3.8, 4) is 0 Å². The predicted molar refractivity (Wildman–Crippen MR) is 92.8 cm³/mol. The predicted octanol–water partition coefficient (Wildman–Crippen LogP) is 5.31. The zero-order valence-corrected chi connectivity index (χ0v) is 14.1. The van der Waals surface area contributed by atoms with Gasteiger partial charge in [0.2, 0.25) is 0 Å². The maximum absolute atomic E-state index is 12.2. The molecular formula is C18H32N2O. The Morgan fingerprint density at radius 1 is 1.24 bits per heavy atom. The summed E-state index contributed by atoms with van der Waals surface area (Å²) in [6.07, 6.45) is 3.57. The number of anilines is 1. The molecule has 1 saturated heterocycles. The van der Waals surface area contributed by atoms with Crippen LogP contribution in [-0.2, 0) is 0 Å². The Bertz CT molecular complexity index is 433. The Morgan fingerprint density at radius 2 is 1.81 bits per heavy atom. The van der Waals surface area contributed by atoms with E-state index in [1.54, 1.807) is 0 Å². The number of urea groups is 1. The van der Waals surface area contributed by atoms with Gasteiger partial charge in [0.25, 0.3) is 0 Å². The molecule has 0 bridgehead atoms. The van der Waals surface area contributed by atoms with Crippen LogP contribution in [0.1, 0.15) is 53.9 Å². The lowest BCUT2D eigenvalue weighted by atomic mass is 9.95. The lowest BCUT2D eigenvalue weighted by Crippen LogP contribution is -2.46. The zero-order chi connectivity index (χ0) is 15.8. The number of likely N-dealkylation sites (tertiary alicyclic amines) is 1. The first-order valence-electron chi connectivity index (χ1n) is 8.12. The first-order valence-corrected chi connectivity index (χ1v) is 8.12. The molecule has 1 aliphatic rings. The zero-order valence-electron chi connectivity index (χ0n) is 14.1. The van der Waals surface area contributed by atoms with Crippen molar-refractivity contribution in [2.45, 2.75) is 59.9 Å². The van der Waals surface area contributed by atoms with Gasteiger partial charge in [0, 0.05) is 19.7 Å². The fraction of sp³-hybridized carbons (Fsp3) is 0.611. The van der Waals surface area contributed by atoms with Crippen molar-refractivity contribution < 1.29 is 6.22 Å². The molecule has 0 radical (unpaired) electrons. The maximum Gasteiger partial charge on any atom is 0.322 e. The second-order valence-electron chi connectivity index (χ2n) is 6.19. The highest BCUT2D eigenvalue weighted by Crippen LogP contribution is 2.22. The molecular weight excluding hydrogens is 260 g/mol. The SMILES string of the molecule is CCC.Cc1ccc(NC(=O)N2CC(C)CC[C@H]2C)cc1.[HH]. The molecule has 2 amide bonds. The summed E-state index contributed by atoms with van der Waals surface area (Å²) in [5.41, 5.74) is 2.07. The third kappa shape index (κ3) is 5.78. The van der Waals surface area contributed by atoms with Crippen LogP contribution in [0.2, 0.25) is 0 Å². The van der Waals surface area contributed by atoms with Gasteiger partial charge in [-0.15, -0.1) is 0 Å². The van der Waals surface area contributed by atoms with Crippen molar-refractivity contribution in [2.24, 2.45) is 5.92 Å². The molecule has 0 aliphatic carbocycles. The van der Waals surface area contributed by atoms with Gasteiger partial charge in [0.1, 0.15) is 0 Å². The number of nitrogens with one attached hydrogen (secondary N) is 1. The number of amides is 2. The van der Waals surface area contributed by atoms with Gasteiger partial charge in [0.05, 0.1) is 0 Å². The molecule has 2 atom stereocenters. The second kappa shape index (κ2) is 8.71. The van der Waals surface area contributed by atoms with Crippen LogP contribution in [0.5, 0.6) is 0 Å². The molecule has 1 aromatic rings. The van der Waals surface area contributed by atoms with Crippen molar-refractivity contribution in [3.05, 3.63) is 29.8 Å². The highest BCUT2D eigenvalue weighted by atomic mass is 16.2. The van der Waals surface area contributed by atoms with E-state index in [1.165, 1.54) is 18.4 Å². The van der Waals surface area contributed by atoms with E-state index < -0.39 is 0 Å². The number of nitrogens with zero attached hydrogens (tertiary/aromatic N) is 1. The normalized spacial score (nSPS) is 21.3. The smallest absolute Gasteiger partial charge is 0.322 e. The van der Waals surface area contributed by atoms with Crippen LogP contribution in [0.15, 0.2) is 24.3 Å². The molecule has 1 aromatic carbocycles. The van der Waals surface area contributed by atoms with Crippen molar-refractivity contribution in [3.63, 3.8) is 0 Å². The highest BCUT2D eigenvalue weighted by molar-refractivity contribution is 5.89. The Morgan fingerprint density at radius 3 is 2.38 bits per heavy atom. The van der Waals surface area contributed by atoms with E-state index in [0.717, 1.165) is 18.7 Å². The molecule has 1 N–H and O–H groups in total. The molecule has 120 valence electrons. The highest BCUT2D eigenvalue weighted by Gasteiger charge is 2.26. The number of piperidine rings is 1. The first kappa shape index (κ1) is 17.5. The summed E-state index contributed by atoms with van der Waals surface area (Å²) < 4.78 is 0. The van der Waals surface area contributed by atoms with Crippen LogP contribution in [0.25, 0.3) is 0 Å². The minimum Gasteiger partial charge on any atom is -0.322 e. The standard InChI is InChI=1S/C15H22N2O.C3H8.H2/c1-11-5-8-14(9-6-11)16-15(18)17-10-12(2)4-7-13(17)3;1-3-2;/h5-6,8-9,12-13H,4,7,10H2,1-3H3,(H,16,18);3H2,1-2H3;1H/t12?,13-;;/m1../s1. The molecule has 21 heavy (non-hydrogen) atoms. The lowest BCUT2D eigenvalue weighted by molar-refractivity contribution is 0.147. The molecule has 1 unspecified atom stereocenters. The van der Waals surface area contributed by atoms with Crippen LogP contribution in [0.4, 0.5) is 10.5 Å². The van der Waals surface area contributed by atoms with Crippen LogP contribution in [-0.4, -0.2) is 23.5 Å². The minimum absolute atomic E-state index is 0. The van der Waals surface area contributed by atoms with Crippen LogP contribution in [0, 0.1) is 12.8 Å². The average Bonchev–Trinajstić information content (AvgIpc) is 2.45. The van der Waals surface area contributed by atoms with E-state index in [2.05, 4.69) is 33.0 Å². The van der Waals surface area contributed by atoms with Crippen molar-refractivity contribution >= 4 is 11.7 Å². The monoisotopic (exact) mass is 292 g/mol. The summed E-state index contributed by atoms with van der Waals surface area (Å²) in [6, 6.07) is 8.29. The number of hydrogen-bond acceptors (Lipinski definition) is 1. The minimum atomic E-state index is 0. The third-order valence-corrected chi connectivity index (χ3v) is 3.68. The fourth-order valence-corrected chi connectivity index (χ4v) is 2.40. The summed E-state index contributed by atoms with van der Waals surface area (Å²) in [4.78, 5) is 14.2. The van der Waals surface area contributed by atoms with E-state index >= 15 is 0 Å². The van der Waals surface area contributed by atoms with Crippen LogP contribution < -0.4 is 5.32 Å². The number of carbonyl (C=O) groups excluding carboxylic acids is 1. The molecule has 0 spiro atoms. The van der Waals surface area contributed by atoms with Crippen LogP contribution in [0.3, 0.4) is 0 Å². The van der Waals surface area contributed by atoms with Crippen molar-refractivity contribution in [1.82, 2.24) is 4.90 Å². The molecule has 2 rings (SSSR count). The lowest BCUT2D eigenvalue weighted by Gasteiger charge is -2.36. The summed E-state index contributed by atoms with van der Waals surface area (Å²) in [6.45, 7) is 11.5. The number of rotatable bonds is 1. The third-order valence-electron chi connectivity index (χ3n) is 3.68. The largest absolute Gasteiger partial charge is 0.322 e. The average molecular weight is 292 g/mol. The number of carbonyl (C=O) groups is 1. The molecule has 0 saturated carbocycles. The van der Waals surface area contributed by atoms with Crippen LogP contribution >= 0.6 is 0 Å². The summed E-state index contributed by atoms with van der Waals surface area (Å²) in [5, 5.41) is 2.98. The first-order chi connectivity index (χ1) is 9.97.